The molecule has 0 spiro atoms. The number of halogens is 1. The number of anilines is 1. The molecule has 3 N–H and O–H groups in total. The zero-order valence-electron chi connectivity index (χ0n) is 13.1. The molecule has 1 aromatic carbocycles. The smallest absolute Gasteiger partial charge is 0.321 e. The minimum atomic E-state index is -1.12. The Morgan fingerprint density at radius 1 is 1.39 bits per heavy atom. The number of urea groups is 1. The van der Waals surface area contributed by atoms with Crippen LogP contribution in [0.4, 0.5) is 14.3 Å². The summed E-state index contributed by atoms with van der Waals surface area (Å²) in [5, 5.41) is 15.3. The van der Waals surface area contributed by atoms with Gasteiger partial charge in [0.05, 0.1) is 6.10 Å². The van der Waals surface area contributed by atoms with Crippen molar-refractivity contribution in [2.24, 2.45) is 0 Å². The van der Waals surface area contributed by atoms with Crippen LogP contribution in [-0.4, -0.2) is 27.0 Å². The molecule has 0 aliphatic rings. The molecule has 2 rings (SSSR count). The van der Waals surface area contributed by atoms with Crippen molar-refractivity contribution in [2.45, 2.75) is 32.3 Å². The zero-order chi connectivity index (χ0) is 17.0. The van der Waals surface area contributed by atoms with Gasteiger partial charge in [-0.15, -0.1) is 0 Å². The van der Waals surface area contributed by atoms with Crippen molar-refractivity contribution in [3.05, 3.63) is 41.5 Å². The lowest BCUT2D eigenvalue weighted by Crippen LogP contribution is -2.32. The molecule has 0 fully saturated rings. The molecule has 8 heteroatoms. The molecule has 6 nitrogen and oxygen atoms in total. The summed E-state index contributed by atoms with van der Waals surface area (Å²) in [7, 11) is 0. The Balaban J connectivity index is 1.88. The highest BCUT2D eigenvalue weighted by molar-refractivity contribution is 7.09. The molecule has 0 aliphatic heterocycles. The van der Waals surface area contributed by atoms with E-state index in [9.17, 15) is 14.3 Å². The molecule has 0 bridgehead atoms. The van der Waals surface area contributed by atoms with Gasteiger partial charge in [0.2, 0.25) is 5.13 Å². The molecule has 2 aromatic rings. The largest absolute Gasteiger partial charge is 0.386 e. The summed E-state index contributed by atoms with van der Waals surface area (Å²) in [6.07, 6.45) is -1.12. The van der Waals surface area contributed by atoms with Gasteiger partial charge in [0.25, 0.3) is 0 Å². The fraction of sp³-hybridized carbons (Fsp3) is 0.400. The molecular weight excluding hydrogens is 319 g/mol. The molecule has 1 heterocycles. The van der Waals surface area contributed by atoms with Crippen LogP contribution in [-0.2, 0) is 5.41 Å². The Labute approximate surface area is 137 Å². The average molecular weight is 338 g/mol. The number of rotatable bonds is 4. The predicted octanol–water partition coefficient (Wildman–Crippen LogP) is 2.83. The Morgan fingerprint density at radius 3 is 2.70 bits per heavy atom. The third-order valence-electron chi connectivity index (χ3n) is 3.04. The number of aliphatic hydroxyl groups is 1. The normalized spacial score (nSPS) is 12.7. The molecule has 0 unspecified atom stereocenters. The number of nitrogens with one attached hydrogen (secondary N) is 2. The van der Waals surface area contributed by atoms with Crippen LogP contribution in [0, 0.1) is 5.82 Å². The SMILES string of the molecule is CC(C)(C)c1nsc(NC(=O)NC[C@@H](O)c2ccccc2F)n1. The molecule has 2 amide bonds. The molecule has 23 heavy (non-hydrogen) atoms. The highest BCUT2D eigenvalue weighted by Gasteiger charge is 2.20. The van der Waals surface area contributed by atoms with E-state index in [1.807, 2.05) is 20.8 Å². The zero-order valence-corrected chi connectivity index (χ0v) is 13.9. The summed E-state index contributed by atoms with van der Waals surface area (Å²) in [5.41, 5.74) is -0.0627. The number of amides is 2. The number of nitrogens with zero attached hydrogens (tertiary/aromatic N) is 2. The van der Waals surface area contributed by atoms with Crippen LogP contribution in [0.1, 0.15) is 38.3 Å². The first-order valence-electron chi connectivity index (χ1n) is 7.09. The van der Waals surface area contributed by atoms with Crippen molar-refractivity contribution in [1.29, 1.82) is 0 Å². The van der Waals surface area contributed by atoms with Crippen LogP contribution in [0.15, 0.2) is 24.3 Å². The van der Waals surface area contributed by atoms with E-state index < -0.39 is 18.0 Å². The van der Waals surface area contributed by atoms with Crippen molar-refractivity contribution >= 4 is 22.7 Å². The summed E-state index contributed by atoms with van der Waals surface area (Å²) in [4.78, 5) is 16.0. The minimum Gasteiger partial charge on any atom is -0.386 e. The molecule has 1 aromatic heterocycles. The van der Waals surface area contributed by atoms with Crippen molar-refractivity contribution in [3.63, 3.8) is 0 Å². The Morgan fingerprint density at radius 2 is 2.09 bits per heavy atom. The highest BCUT2D eigenvalue weighted by Crippen LogP contribution is 2.22. The number of aliphatic hydroxyl groups excluding tert-OH is 1. The van der Waals surface area contributed by atoms with Gasteiger partial charge in [-0.05, 0) is 6.07 Å². The first-order chi connectivity index (χ1) is 10.8. The lowest BCUT2D eigenvalue weighted by molar-refractivity contribution is 0.170. The maximum atomic E-state index is 13.5. The summed E-state index contributed by atoms with van der Waals surface area (Å²) in [5.74, 6) is 0.130. The van der Waals surface area contributed by atoms with Crippen LogP contribution in [0.2, 0.25) is 0 Å². The summed E-state index contributed by atoms with van der Waals surface area (Å²) >= 11 is 1.08. The number of hydrogen-bond donors (Lipinski definition) is 3. The first kappa shape index (κ1) is 17.3. The van der Waals surface area contributed by atoms with Gasteiger partial charge in [0.15, 0.2) is 0 Å². The quantitative estimate of drug-likeness (QED) is 0.800. The van der Waals surface area contributed by atoms with E-state index in [0.717, 1.165) is 11.5 Å². The second-order valence-corrected chi connectivity index (χ2v) is 6.80. The fourth-order valence-corrected chi connectivity index (χ4v) is 2.52. The van der Waals surface area contributed by atoms with E-state index in [1.165, 1.54) is 18.2 Å². The van der Waals surface area contributed by atoms with Gasteiger partial charge in [-0.3, -0.25) is 5.32 Å². The van der Waals surface area contributed by atoms with Crippen LogP contribution in [0.25, 0.3) is 0 Å². The third kappa shape index (κ3) is 4.70. The number of hydrogen-bond acceptors (Lipinski definition) is 5. The van der Waals surface area contributed by atoms with Gasteiger partial charge >= 0.3 is 6.03 Å². The van der Waals surface area contributed by atoms with E-state index in [-0.39, 0.29) is 17.5 Å². The van der Waals surface area contributed by atoms with Crippen molar-refractivity contribution in [1.82, 2.24) is 14.7 Å². The van der Waals surface area contributed by atoms with Gasteiger partial charge in [-0.2, -0.15) is 4.37 Å². The van der Waals surface area contributed by atoms with E-state index in [0.29, 0.717) is 11.0 Å². The maximum absolute atomic E-state index is 13.5. The molecule has 1 atom stereocenters. The molecule has 124 valence electrons. The van der Waals surface area contributed by atoms with Crippen LogP contribution >= 0.6 is 11.5 Å². The molecule has 0 saturated carbocycles. The lowest BCUT2D eigenvalue weighted by Gasteiger charge is -2.13. The second-order valence-electron chi connectivity index (χ2n) is 6.05. The summed E-state index contributed by atoms with van der Waals surface area (Å²) in [6.45, 7) is 5.81. The standard InChI is InChI=1S/C15H19FN4O2S/c1-15(2,3)12-18-14(23-20-12)19-13(22)17-8-11(21)9-6-4-5-7-10(9)16/h4-7,11,21H,8H2,1-3H3,(H2,17,18,19,20,22)/t11-/m1/s1. The van der Waals surface area contributed by atoms with E-state index in [2.05, 4.69) is 20.0 Å². The fourth-order valence-electron chi connectivity index (χ4n) is 1.76. The van der Waals surface area contributed by atoms with Crippen molar-refractivity contribution in [2.75, 3.05) is 11.9 Å². The maximum Gasteiger partial charge on any atom is 0.321 e. The van der Waals surface area contributed by atoms with E-state index in [4.69, 9.17) is 0 Å². The van der Waals surface area contributed by atoms with Gasteiger partial charge in [-0.1, -0.05) is 39.0 Å². The molecule has 0 aliphatic carbocycles. The van der Waals surface area contributed by atoms with Crippen molar-refractivity contribution < 1.29 is 14.3 Å². The topological polar surface area (TPSA) is 87.1 Å². The van der Waals surface area contributed by atoms with Crippen LogP contribution < -0.4 is 10.6 Å². The second kappa shape index (κ2) is 7.01. The van der Waals surface area contributed by atoms with Gasteiger partial charge in [0, 0.05) is 29.1 Å². The number of benzene rings is 1. The Kier molecular flexibility index (Phi) is 5.27. The van der Waals surface area contributed by atoms with Crippen LogP contribution in [0.3, 0.4) is 0 Å². The summed E-state index contributed by atoms with van der Waals surface area (Å²) in [6, 6.07) is 5.36. The van der Waals surface area contributed by atoms with E-state index in [1.54, 1.807) is 6.07 Å². The average Bonchev–Trinajstić information content (AvgIpc) is 2.94. The first-order valence-corrected chi connectivity index (χ1v) is 7.86. The Hall–Kier alpha value is -2.06. The molecular formula is C15H19FN4O2S. The lowest BCUT2D eigenvalue weighted by atomic mass is 9.96. The van der Waals surface area contributed by atoms with Crippen molar-refractivity contribution in [3.8, 4) is 0 Å². The number of carbonyl (C=O) groups is 1. The van der Waals surface area contributed by atoms with Gasteiger partial charge in [0.1, 0.15) is 11.6 Å². The van der Waals surface area contributed by atoms with Gasteiger partial charge < -0.3 is 10.4 Å². The third-order valence-corrected chi connectivity index (χ3v) is 3.67. The molecule has 0 radical (unpaired) electrons. The van der Waals surface area contributed by atoms with E-state index >= 15 is 0 Å². The monoisotopic (exact) mass is 338 g/mol. The minimum absolute atomic E-state index is 0.113. The Bertz CT molecular complexity index is 684. The number of carbonyl (C=O) groups excluding carboxylic acids is 1. The molecule has 0 saturated heterocycles. The predicted molar refractivity (Wildman–Crippen MR) is 87.0 cm³/mol. The highest BCUT2D eigenvalue weighted by atomic mass is 32.1. The van der Waals surface area contributed by atoms with Crippen LogP contribution in [0.5, 0.6) is 0 Å². The summed E-state index contributed by atoms with van der Waals surface area (Å²) < 4.78 is 17.7. The van der Waals surface area contributed by atoms with Gasteiger partial charge in [-0.25, -0.2) is 14.2 Å². The number of aromatic nitrogens is 2.